The van der Waals surface area contributed by atoms with Gasteiger partial charge in [-0.3, -0.25) is 0 Å². The van der Waals surface area contributed by atoms with Gasteiger partial charge in [-0.25, -0.2) is 4.79 Å². The standard InChI is InChI=1S/C14H21N3O/c1-2-8-15-14(18)17-11-9-16(10-12-17)13-6-4-3-5-7-13/h3-7H,2,8-12H2,1H3,(H,15,18). The lowest BCUT2D eigenvalue weighted by molar-refractivity contribution is 0.194. The molecule has 1 aliphatic heterocycles. The van der Waals surface area contributed by atoms with E-state index in [0.717, 1.165) is 39.1 Å². The Morgan fingerprint density at radius 1 is 1.17 bits per heavy atom. The number of urea groups is 1. The van der Waals surface area contributed by atoms with E-state index in [9.17, 15) is 4.79 Å². The second kappa shape index (κ2) is 6.28. The molecule has 4 heteroatoms. The molecule has 1 N–H and O–H groups in total. The smallest absolute Gasteiger partial charge is 0.317 e. The summed E-state index contributed by atoms with van der Waals surface area (Å²) in [5, 5.41) is 2.93. The van der Waals surface area contributed by atoms with E-state index in [1.165, 1.54) is 5.69 Å². The summed E-state index contributed by atoms with van der Waals surface area (Å²) in [4.78, 5) is 16.0. The maximum atomic E-state index is 11.8. The monoisotopic (exact) mass is 247 g/mol. The Labute approximate surface area is 109 Å². The van der Waals surface area contributed by atoms with Crippen LogP contribution in [0.4, 0.5) is 10.5 Å². The number of nitrogens with zero attached hydrogens (tertiary/aromatic N) is 2. The summed E-state index contributed by atoms with van der Waals surface area (Å²) in [5.74, 6) is 0. The average Bonchev–Trinajstić information content (AvgIpc) is 2.46. The Bertz CT molecular complexity index is 372. The minimum Gasteiger partial charge on any atom is -0.368 e. The van der Waals surface area contributed by atoms with Crippen molar-refractivity contribution in [2.75, 3.05) is 37.6 Å². The van der Waals surface area contributed by atoms with Gasteiger partial charge in [0.05, 0.1) is 0 Å². The van der Waals surface area contributed by atoms with Crippen LogP contribution in [0.1, 0.15) is 13.3 Å². The molecular formula is C14H21N3O. The zero-order valence-electron chi connectivity index (χ0n) is 10.9. The largest absolute Gasteiger partial charge is 0.368 e. The van der Waals surface area contributed by atoms with Crippen molar-refractivity contribution in [2.24, 2.45) is 0 Å². The highest BCUT2D eigenvalue weighted by molar-refractivity contribution is 5.74. The van der Waals surface area contributed by atoms with Gasteiger partial charge in [0.1, 0.15) is 0 Å². The van der Waals surface area contributed by atoms with E-state index in [0.29, 0.717) is 0 Å². The quantitative estimate of drug-likeness (QED) is 0.886. The van der Waals surface area contributed by atoms with Crippen molar-refractivity contribution in [3.05, 3.63) is 30.3 Å². The van der Waals surface area contributed by atoms with Gasteiger partial charge in [0, 0.05) is 38.4 Å². The molecule has 0 spiro atoms. The van der Waals surface area contributed by atoms with E-state index in [4.69, 9.17) is 0 Å². The summed E-state index contributed by atoms with van der Waals surface area (Å²) in [6, 6.07) is 10.4. The Morgan fingerprint density at radius 2 is 1.83 bits per heavy atom. The summed E-state index contributed by atoms with van der Waals surface area (Å²) in [6.07, 6.45) is 0.982. The molecule has 98 valence electrons. The zero-order valence-corrected chi connectivity index (χ0v) is 10.9. The fraction of sp³-hybridized carbons (Fsp3) is 0.500. The van der Waals surface area contributed by atoms with Gasteiger partial charge in [0.25, 0.3) is 0 Å². The highest BCUT2D eigenvalue weighted by atomic mass is 16.2. The lowest BCUT2D eigenvalue weighted by Gasteiger charge is -2.36. The van der Waals surface area contributed by atoms with Gasteiger partial charge >= 0.3 is 6.03 Å². The van der Waals surface area contributed by atoms with E-state index in [2.05, 4.69) is 41.4 Å². The van der Waals surface area contributed by atoms with Crippen LogP contribution in [0.2, 0.25) is 0 Å². The molecule has 1 aromatic rings. The van der Waals surface area contributed by atoms with E-state index in [1.54, 1.807) is 0 Å². The van der Waals surface area contributed by atoms with Gasteiger partial charge in [-0.2, -0.15) is 0 Å². The minimum absolute atomic E-state index is 0.0737. The van der Waals surface area contributed by atoms with Crippen LogP contribution in [0.25, 0.3) is 0 Å². The van der Waals surface area contributed by atoms with E-state index < -0.39 is 0 Å². The third-order valence-corrected chi connectivity index (χ3v) is 3.21. The van der Waals surface area contributed by atoms with Crippen LogP contribution in [0.5, 0.6) is 0 Å². The first-order valence-electron chi connectivity index (χ1n) is 6.64. The van der Waals surface area contributed by atoms with E-state index in [-0.39, 0.29) is 6.03 Å². The zero-order chi connectivity index (χ0) is 12.8. The molecule has 0 radical (unpaired) electrons. The third kappa shape index (κ3) is 3.15. The number of piperazine rings is 1. The van der Waals surface area contributed by atoms with Crippen molar-refractivity contribution in [1.82, 2.24) is 10.2 Å². The average molecular weight is 247 g/mol. The van der Waals surface area contributed by atoms with Crippen molar-refractivity contribution < 1.29 is 4.79 Å². The fourth-order valence-corrected chi connectivity index (χ4v) is 2.15. The molecule has 0 unspecified atom stereocenters. The second-order valence-electron chi connectivity index (χ2n) is 4.54. The summed E-state index contributed by atoms with van der Waals surface area (Å²) in [5.41, 5.74) is 1.24. The topological polar surface area (TPSA) is 35.6 Å². The van der Waals surface area contributed by atoms with Gasteiger partial charge < -0.3 is 15.1 Å². The van der Waals surface area contributed by atoms with Gasteiger partial charge in [-0.15, -0.1) is 0 Å². The van der Waals surface area contributed by atoms with Crippen molar-refractivity contribution >= 4 is 11.7 Å². The maximum Gasteiger partial charge on any atom is 0.317 e. The SMILES string of the molecule is CCCNC(=O)N1CCN(c2ccccc2)CC1. The van der Waals surface area contributed by atoms with Crippen LogP contribution in [0, 0.1) is 0 Å². The molecule has 1 fully saturated rings. The van der Waals surface area contributed by atoms with Crippen LogP contribution in [0.3, 0.4) is 0 Å². The predicted octanol–water partition coefficient (Wildman–Crippen LogP) is 1.93. The molecule has 1 aliphatic rings. The highest BCUT2D eigenvalue weighted by Gasteiger charge is 2.20. The van der Waals surface area contributed by atoms with Crippen LogP contribution < -0.4 is 10.2 Å². The molecule has 2 amide bonds. The molecule has 18 heavy (non-hydrogen) atoms. The maximum absolute atomic E-state index is 11.8. The summed E-state index contributed by atoms with van der Waals surface area (Å²) in [6.45, 7) is 6.23. The second-order valence-corrected chi connectivity index (χ2v) is 4.54. The van der Waals surface area contributed by atoms with E-state index in [1.807, 2.05) is 11.0 Å². The lowest BCUT2D eigenvalue weighted by atomic mass is 10.2. The molecule has 1 heterocycles. The number of nitrogens with one attached hydrogen (secondary N) is 1. The number of hydrogen-bond acceptors (Lipinski definition) is 2. The Balaban J connectivity index is 1.83. The van der Waals surface area contributed by atoms with Crippen LogP contribution >= 0.6 is 0 Å². The number of benzene rings is 1. The van der Waals surface area contributed by atoms with Crippen LogP contribution in [-0.4, -0.2) is 43.7 Å². The molecule has 0 bridgehead atoms. The van der Waals surface area contributed by atoms with Crippen LogP contribution in [0.15, 0.2) is 30.3 Å². The summed E-state index contributed by atoms with van der Waals surface area (Å²) in [7, 11) is 0. The first-order chi connectivity index (χ1) is 8.81. The molecule has 4 nitrogen and oxygen atoms in total. The van der Waals surface area contributed by atoms with Crippen molar-refractivity contribution in [1.29, 1.82) is 0 Å². The fourth-order valence-electron chi connectivity index (χ4n) is 2.15. The van der Waals surface area contributed by atoms with Crippen LogP contribution in [-0.2, 0) is 0 Å². The number of hydrogen-bond donors (Lipinski definition) is 1. The van der Waals surface area contributed by atoms with Gasteiger partial charge in [0.15, 0.2) is 0 Å². The minimum atomic E-state index is 0.0737. The van der Waals surface area contributed by atoms with Crippen molar-refractivity contribution in [3.8, 4) is 0 Å². The molecule has 0 atom stereocenters. The summed E-state index contributed by atoms with van der Waals surface area (Å²) < 4.78 is 0. The molecule has 0 saturated carbocycles. The molecule has 0 aromatic heterocycles. The molecule has 1 aromatic carbocycles. The van der Waals surface area contributed by atoms with Crippen molar-refractivity contribution in [3.63, 3.8) is 0 Å². The lowest BCUT2D eigenvalue weighted by Crippen LogP contribution is -2.52. The number of para-hydroxylation sites is 1. The number of carbonyl (C=O) groups excluding carboxylic acids is 1. The summed E-state index contributed by atoms with van der Waals surface area (Å²) >= 11 is 0. The first kappa shape index (κ1) is 12.7. The van der Waals surface area contributed by atoms with Gasteiger partial charge in [-0.1, -0.05) is 25.1 Å². The Morgan fingerprint density at radius 3 is 2.44 bits per heavy atom. The highest BCUT2D eigenvalue weighted by Crippen LogP contribution is 2.15. The first-order valence-corrected chi connectivity index (χ1v) is 6.64. The number of rotatable bonds is 3. The molecule has 0 aliphatic carbocycles. The Hall–Kier alpha value is -1.71. The third-order valence-electron chi connectivity index (χ3n) is 3.21. The molecule has 2 rings (SSSR count). The normalized spacial score (nSPS) is 15.6. The number of carbonyl (C=O) groups is 1. The molecular weight excluding hydrogens is 226 g/mol. The van der Waals surface area contributed by atoms with Gasteiger partial charge in [0.2, 0.25) is 0 Å². The number of amides is 2. The van der Waals surface area contributed by atoms with Gasteiger partial charge in [-0.05, 0) is 18.6 Å². The van der Waals surface area contributed by atoms with E-state index >= 15 is 0 Å². The number of anilines is 1. The van der Waals surface area contributed by atoms with Crippen molar-refractivity contribution in [2.45, 2.75) is 13.3 Å². The predicted molar refractivity (Wildman–Crippen MR) is 73.9 cm³/mol. The molecule has 1 saturated heterocycles. The Kier molecular flexibility index (Phi) is 4.45.